The summed E-state index contributed by atoms with van der Waals surface area (Å²) in [5, 5.41) is 16.3. The number of thiophene rings is 1. The molecule has 0 aromatic carbocycles. The van der Waals surface area contributed by atoms with Gasteiger partial charge in [0.2, 0.25) is 11.8 Å². The topological polar surface area (TPSA) is 69.6 Å². The molecule has 6 heteroatoms. The van der Waals surface area contributed by atoms with Crippen molar-refractivity contribution in [1.82, 2.24) is 10.2 Å². The second-order valence-corrected chi connectivity index (χ2v) is 9.67. The minimum Gasteiger partial charge on any atom is -0.388 e. The van der Waals surface area contributed by atoms with Crippen LogP contribution in [0.25, 0.3) is 0 Å². The number of nitrogens with one attached hydrogen (secondary N) is 1. The van der Waals surface area contributed by atoms with Crippen LogP contribution in [0, 0.1) is 11.8 Å². The second kappa shape index (κ2) is 7.55. The molecule has 4 rings (SSSR count). The number of carbonyl (C=O) groups excluding carboxylic acids is 2. The van der Waals surface area contributed by atoms with E-state index in [0.29, 0.717) is 13.0 Å². The largest absolute Gasteiger partial charge is 0.388 e. The Bertz CT molecular complexity index is 678. The molecular formula is C21H30N2O3S. The smallest absolute Gasteiger partial charge is 0.226 e. The molecule has 3 aliphatic rings. The first-order chi connectivity index (χ1) is 13.0. The third-order valence-electron chi connectivity index (χ3n) is 6.78. The lowest BCUT2D eigenvalue weighted by Gasteiger charge is -2.50. The number of hydrogen-bond acceptors (Lipinski definition) is 4. The number of piperidine rings is 1. The molecule has 2 saturated carbocycles. The molecule has 5 nitrogen and oxygen atoms in total. The average molecular weight is 391 g/mol. The van der Waals surface area contributed by atoms with E-state index in [1.807, 2.05) is 22.4 Å². The first-order valence-corrected chi connectivity index (χ1v) is 11.2. The molecule has 0 bridgehead atoms. The lowest BCUT2D eigenvalue weighted by atomic mass is 9.78. The van der Waals surface area contributed by atoms with E-state index in [1.165, 1.54) is 0 Å². The van der Waals surface area contributed by atoms with Crippen molar-refractivity contribution in [3.63, 3.8) is 0 Å². The molecule has 1 aliphatic heterocycles. The van der Waals surface area contributed by atoms with Gasteiger partial charge >= 0.3 is 0 Å². The van der Waals surface area contributed by atoms with Crippen LogP contribution in [-0.2, 0) is 9.59 Å². The van der Waals surface area contributed by atoms with Crippen molar-refractivity contribution in [3.8, 4) is 0 Å². The molecular weight excluding hydrogens is 360 g/mol. The summed E-state index contributed by atoms with van der Waals surface area (Å²) < 4.78 is 0. The third-order valence-corrected chi connectivity index (χ3v) is 7.72. The van der Waals surface area contributed by atoms with Crippen LogP contribution in [0.4, 0.5) is 0 Å². The van der Waals surface area contributed by atoms with E-state index in [0.717, 1.165) is 49.8 Å². The molecule has 148 valence electrons. The van der Waals surface area contributed by atoms with Crippen molar-refractivity contribution < 1.29 is 14.7 Å². The fraction of sp³-hybridized carbons (Fsp3) is 0.714. The summed E-state index contributed by atoms with van der Waals surface area (Å²) in [5.74, 6) is 0.386. The summed E-state index contributed by atoms with van der Waals surface area (Å²) in [5.41, 5.74) is -1.03. The quantitative estimate of drug-likeness (QED) is 0.829. The molecule has 1 aromatic heterocycles. The van der Waals surface area contributed by atoms with Crippen LogP contribution < -0.4 is 5.32 Å². The Kier molecular flexibility index (Phi) is 5.30. The highest BCUT2D eigenvalue weighted by Gasteiger charge is 2.49. The van der Waals surface area contributed by atoms with Gasteiger partial charge in [0.05, 0.1) is 17.7 Å². The standard InChI is InChI=1S/C21H30N2O3S/c1-21(26)11-12-23(20(25)15-8-4-9-15)17(16-10-5-13-27-16)18(21)22-19(24)14-6-2-3-7-14/h5,10,13-15,17-18,26H,2-4,6-9,11-12H2,1H3,(H,22,24). The van der Waals surface area contributed by atoms with Crippen LogP contribution in [0.1, 0.15) is 69.2 Å². The van der Waals surface area contributed by atoms with E-state index in [4.69, 9.17) is 0 Å². The molecule has 0 radical (unpaired) electrons. The SMILES string of the molecule is CC1(O)CCN(C(=O)C2CCC2)C(c2cccs2)C1NC(=O)C1CCCC1. The van der Waals surface area contributed by atoms with Gasteiger partial charge in [0.15, 0.2) is 0 Å². The van der Waals surface area contributed by atoms with E-state index in [9.17, 15) is 14.7 Å². The molecule has 1 aromatic rings. The molecule has 2 heterocycles. The maximum Gasteiger partial charge on any atom is 0.226 e. The van der Waals surface area contributed by atoms with E-state index in [-0.39, 0.29) is 29.7 Å². The lowest BCUT2D eigenvalue weighted by Crippen LogP contribution is -2.64. The predicted molar refractivity (Wildman–Crippen MR) is 105 cm³/mol. The third kappa shape index (κ3) is 3.66. The summed E-state index contributed by atoms with van der Waals surface area (Å²) in [4.78, 5) is 29.0. The zero-order valence-electron chi connectivity index (χ0n) is 16.0. The van der Waals surface area contributed by atoms with Crippen molar-refractivity contribution in [2.75, 3.05) is 6.54 Å². The van der Waals surface area contributed by atoms with Crippen LogP contribution in [0.5, 0.6) is 0 Å². The van der Waals surface area contributed by atoms with Crippen LogP contribution in [-0.4, -0.2) is 40.0 Å². The predicted octanol–water partition coefficient (Wildman–Crippen LogP) is 3.25. The molecule has 27 heavy (non-hydrogen) atoms. The second-order valence-electron chi connectivity index (χ2n) is 8.69. The van der Waals surface area contributed by atoms with Gasteiger partial charge in [0.1, 0.15) is 0 Å². The highest BCUT2D eigenvalue weighted by Crippen LogP contribution is 2.41. The van der Waals surface area contributed by atoms with Gasteiger partial charge in [-0.05, 0) is 50.5 Å². The Labute approximate surface area is 165 Å². The lowest BCUT2D eigenvalue weighted by molar-refractivity contribution is -0.152. The van der Waals surface area contributed by atoms with Crippen LogP contribution in [0.3, 0.4) is 0 Å². The summed E-state index contributed by atoms with van der Waals surface area (Å²) in [6.45, 7) is 2.35. The van der Waals surface area contributed by atoms with E-state index in [1.54, 1.807) is 18.3 Å². The minimum absolute atomic E-state index is 0.0391. The number of carbonyl (C=O) groups is 2. The van der Waals surface area contributed by atoms with Gasteiger partial charge in [-0.2, -0.15) is 0 Å². The maximum atomic E-state index is 13.1. The van der Waals surface area contributed by atoms with Crippen LogP contribution >= 0.6 is 11.3 Å². The molecule has 0 spiro atoms. The molecule has 2 aliphatic carbocycles. The van der Waals surface area contributed by atoms with Crippen molar-refractivity contribution >= 4 is 23.2 Å². The zero-order valence-corrected chi connectivity index (χ0v) is 16.8. The van der Waals surface area contributed by atoms with Gasteiger partial charge in [-0.15, -0.1) is 11.3 Å². The highest BCUT2D eigenvalue weighted by molar-refractivity contribution is 7.10. The number of likely N-dealkylation sites (tertiary alicyclic amines) is 1. The monoisotopic (exact) mass is 390 g/mol. The fourth-order valence-corrected chi connectivity index (χ4v) is 5.64. The first-order valence-electron chi connectivity index (χ1n) is 10.3. The van der Waals surface area contributed by atoms with Gasteiger partial charge < -0.3 is 15.3 Å². The van der Waals surface area contributed by atoms with E-state index < -0.39 is 11.6 Å². The van der Waals surface area contributed by atoms with Crippen molar-refractivity contribution in [2.24, 2.45) is 11.8 Å². The van der Waals surface area contributed by atoms with Gasteiger partial charge in [-0.1, -0.05) is 25.3 Å². The van der Waals surface area contributed by atoms with E-state index in [2.05, 4.69) is 5.32 Å². The molecule has 3 unspecified atom stereocenters. The Morgan fingerprint density at radius 2 is 1.89 bits per heavy atom. The fourth-order valence-electron chi connectivity index (χ4n) is 4.77. The molecule has 1 saturated heterocycles. The number of aliphatic hydroxyl groups is 1. The van der Waals surface area contributed by atoms with Gasteiger partial charge in [0.25, 0.3) is 0 Å². The zero-order chi connectivity index (χ0) is 19.0. The first kappa shape index (κ1) is 18.9. The summed E-state index contributed by atoms with van der Waals surface area (Å²) in [7, 11) is 0. The minimum atomic E-state index is -1.03. The maximum absolute atomic E-state index is 13.1. The summed E-state index contributed by atoms with van der Waals surface area (Å²) in [6.07, 6.45) is 7.57. The Morgan fingerprint density at radius 1 is 1.19 bits per heavy atom. The van der Waals surface area contributed by atoms with Crippen molar-refractivity contribution in [3.05, 3.63) is 22.4 Å². The average Bonchev–Trinajstić information content (AvgIpc) is 3.28. The molecule has 3 fully saturated rings. The van der Waals surface area contributed by atoms with E-state index >= 15 is 0 Å². The normalized spacial score (nSPS) is 32.3. The Hall–Kier alpha value is -1.40. The highest BCUT2D eigenvalue weighted by atomic mass is 32.1. The number of amides is 2. The summed E-state index contributed by atoms with van der Waals surface area (Å²) in [6, 6.07) is 3.24. The van der Waals surface area contributed by atoms with Gasteiger partial charge in [0, 0.05) is 23.3 Å². The van der Waals surface area contributed by atoms with Crippen LogP contribution in [0.2, 0.25) is 0 Å². The Morgan fingerprint density at radius 3 is 2.48 bits per heavy atom. The van der Waals surface area contributed by atoms with Crippen LogP contribution in [0.15, 0.2) is 17.5 Å². The van der Waals surface area contributed by atoms with Gasteiger partial charge in [-0.25, -0.2) is 0 Å². The number of nitrogens with zero attached hydrogens (tertiary/aromatic N) is 1. The number of hydrogen-bond donors (Lipinski definition) is 2. The molecule has 3 atom stereocenters. The molecule has 2 amide bonds. The van der Waals surface area contributed by atoms with Gasteiger partial charge in [-0.3, -0.25) is 9.59 Å². The summed E-state index contributed by atoms with van der Waals surface area (Å²) >= 11 is 1.60. The molecule has 2 N–H and O–H groups in total. The van der Waals surface area contributed by atoms with Crippen molar-refractivity contribution in [2.45, 2.75) is 76.0 Å². The van der Waals surface area contributed by atoms with Crippen molar-refractivity contribution in [1.29, 1.82) is 0 Å². The number of rotatable bonds is 4. The Balaban J connectivity index is 1.62.